The monoisotopic (exact) mass is 343 g/mol. The van der Waals surface area contributed by atoms with Crippen LogP contribution < -0.4 is 10.2 Å². The molecule has 1 aliphatic heterocycles. The second-order valence-corrected chi connectivity index (χ2v) is 6.18. The number of oxazole rings is 1. The lowest BCUT2D eigenvalue weighted by atomic mass is 10.1. The first-order chi connectivity index (χ1) is 12.1. The summed E-state index contributed by atoms with van der Waals surface area (Å²) in [5.41, 5.74) is 1.63. The Bertz CT molecular complexity index is 911. The average Bonchev–Trinajstić information content (AvgIpc) is 3.21. The summed E-state index contributed by atoms with van der Waals surface area (Å²) in [6.45, 7) is 1.43. The molecule has 1 amide bonds. The smallest absolute Gasteiger partial charge is 0.298 e. The van der Waals surface area contributed by atoms with Gasteiger partial charge < -0.3 is 14.6 Å². The molecule has 8 heteroatoms. The SMILES string of the molecule is Cn1nccc1C(=O)NC1CCN(c2nc3ccc(F)cc3o2)CC1. The van der Waals surface area contributed by atoms with Gasteiger partial charge >= 0.3 is 0 Å². The molecule has 0 aliphatic carbocycles. The highest BCUT2D eigenvalue weighted by Gasteiger charge is 2.24. The molecule has 2 aromatic heterocycles. The zero-order chi connectivity index (χ0) is 17.4. The minimum Gasteiger partial charge on any atom is -0.423 e. The summed E-state index contributed by atoms with van der Waals surface area (Å²) < 4.78 is 20.5. The highest BCUT2D eigenvalue weighted by atomic mass is 19.1. The maximum atomic E-state index is 13.3. The number of benzene rings is 1. The number of nitrogens with zero attached hydrogens (tertiary/aromatic N) is 4. The fraction of sp³-hybridized carbons (Fsp3) is 0.353. The Balaban J connectivity index is 1.39. The van der Waals surface area contributed by atoms with E-state index in [1.54, 1.807) is 30.1 Å². The van der Waals surface area contributed by atoms with Crippen molar-refractivity contribution in [1.29, 1.82) is 0 Å². The van der Waals surface area contributed by atoms with Crippen LogP contribution in [0.4, 0.5) is 10.4 Å². The summed E-state index contributed by atoms with van der Waals surface area (Å²) in [5, 5.41) is 7.05. The zero-order valence-corrected chi connectivity index (χ0v) is 13.8. The molecule has 3 heterocycles. The van der Waals surface area contributed by atoms with E-state index in [-0.39, 0.29) is 17.8 Å². The summed E-state index contributed by atoms with van der Waals surface area (Å²) in [4.78, 5) is 18.7. The van der Waals surface area contributed by atoms with Gasteiger partial charge in [0.25, 0.3) is 11.9 Å². The molecule has 1 saturated heterocycles. The van der Waals surface area contributed by atoms with Crippen LogP contribution in [0.1, 0.15) is 23.3 Å². The first-order valence-corrected chi connectivity index (χ1v) is 8.20. The van der Waals surface area contributed by atoms with Gasteiger partial charge in [0.2, 0.25) is 0 Å². The van der Waals surface area contributed by atoms with Crippen LogP contribution in [0, 0.1) is 5.82 Å². The molecule has 0 atom stereocenters. The van der Waals surface area contributed by atoms with Crippen LogP contribution in [0.2, 0.25) is 0 Å². The number of halogens is 1. The van der Waals surface area contributed by atoms with E-state index in [4.69, 9.17) is 4.42 Å². The van der Waals surface area contributed by atoms with Crippen LogP contribution >= 0.6 is 0 Å². The Labute approximate surface area is 143 Å². The van der Waals surface area contributed by atoms with Crippen molar-refractivity contribution in [2.45, 2.75) is 18.9 Å². The third kappa shape index (κ3) is 3.07. The van der Waals surface area contributed by atoms with E-state index in [2.05, 4.69) is 15.4 Å². The number of carbonyl (C=O) groups is 1. The summed E-state index contributed by atoms with van der Waals surface area (Å²) in [5.74, 6) is -0.456. The van der Waals surface area contributed by atoms with Gasteiger partial charge in [-0.2, -0.15) is 10.1 Å². The van der Waals surface area contributed by atoms with Gasteiger partial charge in [-0.25, -0.2) is 4.39 Å². The van der Waals surface area contributed by atoms with Crippen molar-refractivity contribution in [3.8, 4) is 0 Å². The van der Waals surface area contributed by atoms with Crippen LogP contribution in [0.15, 0.2) is 34.9 Å². The van der Waals surface area contributed by atoms with Crippen LogP contribution in [0.5, 0.6) is 0 Å². The van der Waals surface area contributed by atoms with E-state index in [0.29, 0.717) is 35.9 Å². The summed E-state index contributed by atoms with van der Waals surface area (Å²) in [6.07, 6.45) is 3.18. The van der Waals surface area contributed by atoms with Crippen LogP contribution in [-0.4, -0.2) is 39.8 Å². The Morgan fingerprint density at radius 2 is 2.12 bits per heavy atom. The number of piperidine rings is 1. The summed E-state index contributed by atoms with van der Waals surface area (Å²) >= 11 is 0. The van der Waals surface area contributed by atoms with Gasteiger partial charge in [-0.1, -0.05) is 0 Å². The van der Waals surface area contributed by atoms with Crippen LogP contribution in [0.25, 0.3) is 11.1 Å². The highest BCUT2D eigenvalue weighted by molar-refractivity contribution is 5.92. The third-order valence-corrected chi connectivity index (χ3v) is 4.49. The lowest BCUT2D eigenvalue weighted by Gasteiger charge is -2.31. The molecule has 0 radical (unpaired) electrons. The Hall–Kier alpha value is -2.90. The number of nitrogens with one attached hydrogen (secondary N) is 1. The number of hydrogen-bond donors (Lipinski definition) is 1. The maximum Gasteiger partial charge on any atom is 0.298 e. The topological polar surface area (TPSA) is 76.2 Å². The molecule has 1 aliphatic rings. The maximum absolute atomic E-state index is 13.3. The van der Waals surface area contributed by atoms with Crippen molar-refractivity contribution >= 4 is 23.0 Å². The first kappa shape index (κ1) is 15.6. The first-order valence-electron chi connectivity index (χ1n) is 8.20. The fourth-order valence-electron chi connectivity index (χ4n) is 3.09. The number of aryl methyl sites for hydroxylation is 1. The van der Waals surface area contributed by atoms with Gasteiger partial charge in [0.1, 0.15) is 17.0 Å². The number of fused-ring (bicyclic) bond motifs is 1. The molecule has 3 aromatic rings. The molecule has 0 saturated carbocycles. The minimum atomic E-state index is -0.341. The van der Waals surface area contributed by atoms with E-state index >= 15 is 0 Å². The molecule has 130 valence electrons. The second-order valence-electron chi connectivity index (χ2n) is 6.18. The molecule has 1 fully saturated rings. The normalized spacial score (nSPS) is 15.7. The van der Waals surface area contributed by atoms with E-state index in [0.717, 1.165) is 12.8 Å². The number of rotatable bonds is 3. The zero-order valence-electron chi connectivity index (χ0n) is 13.8. The molecule has 0 spiro atoms. The number of anilines is 1. The summed E-state index contributed by atoms with van der Waals surface area (Å²) in [7, 11) is 1.74. The molecular weight excluding hydrogens is 325 g/mol. The lowest BCUT2D eigenvalue weighted by Crippen LogP contribution is -2.45. The van der Waals surface area contributed by atoms with Crippen molar-refractivity contribution in [2.75, 3.05) is 18.0 Å². The van der Waals surface area contributed by atoms with Gasteiger partial charge in [0, 0.05) is 38.4 Å². The molecule has 1 aromatic carbocycles. The molecule has 0 bridgehead atoms. The van der Waals surface area contributed by atoms with Crippen molar-refractivity contribution in [1.82, 2.24) is 20.1 Å². The summed E-state index contributed by atoms with van der Waals surface area (Å²) in [6, 6.07) is 6.61. The highest BCUT2D eigenvalue weighted by Crippen LogP contribution is 2.25. The van der Waals surface area contributed by atoms with Crippen molar-refractivity contribution in [3.05, 3.63) is 42.0 Å². The third-order valence-electron chi connectivity index (χ3n) is 4.49. The largest absolute Gasteiger partial charge is 0.423 e. The van der Waals surface area contributed by atoms with E-state index < -0.39 is 0 Å². The quantitative estimate of drug-likeness (QED) is 0.788. The predicted octanol–water partition coefficient (Wildman–Crippen LogP) is 2.10. The molecule has 7 nitrogen and oxygen atoms in total. The van der Waals surface area contributed by atoms with E-state index in [1.807, 2.05) is 4.90 Å². The van der Waals surface area contributed by atoms with Gasteiger partial charge in [-0.3, -0.25) is 9.48 Å². The van der Waals surface area contributed by atoms with Gasteiger partial charge in [0.15, 0.2) is 5.58 Å². The fourth-order valence-corrected chi connectivity index (χ4v) is 3.09. The lowest BCUT2D eigenvalue weighted by molar-refractivity contribution is 0.0921. The number of aromatic nitrogens is 3. The minimum absolute atomic E-state index is 0.0977. The van der Waals surface area contributed by atoms with Crippen LogP contribution in [0.3, 0.4) is 0 Å². The molecule has 25 heavy (non-hydrogen) atoms. The Morgan fingerprint density at radius 1 is 1.32 bits per heavy atom. The Morgan fingerprint density at radius 3 is 2.84 bits per heavy atom. The van der Waals surface area contributed by atoms with Crippen molar-refractivity contribution < 1.29 is 13.6 Å². The number of carbonyl (C=O) groups excluding carboxylic acids is 1. The predicted molar refractivity (Wildman–Crippen MR) is 89.9 cm³/mol. The van der Waals surface area contributed by atoms with Gasteiger partial charge in [0.05, 0.1) is 0 Å². The molecule has 1 N–H and O–H groups in total. The number of hydrogen-bond acceptors (Lipinski definition) is 5. The van der Waals surface area contributed by atoms with Crippen molar-refractivity contribution in [2.24, 2.45) is 7.05 Å². The van der Waals surface area contributed by atoms with E-state index in [1.165, 1.54) is 12.1 Å². The molecule has 4 rings (SSSR count). The second kappa shape index (κ2) is 6.19. The molecular formula is C17H18FN5O2. The standard InChI is InChI=1S/C17H18FN5O2/c1-22-14(4-7-19-22)16(24)20-12-5-8-23(9-6-12)17-21-13-3-2-11(18)10-15(13)25-17/h2-4,7,10,12H,5-6,8-9H2,1H3,(H,20,24). The van der Waals surface area contributed by atoms with Gasteiger partial charge in [-0.15, -0.1) is 0 Å². The Kier molecular flexibility index (Phi) is 3.87. The van der Waals surface area contributed by atoms with Crippen LogP contribution in [-0.2, 0) is 7.05 Å². The molecule has 0 unspecified atom stereocenters. The van der Waals surface area contributed by atoms with E-state index in [9.17, 15) is 9.18 Å². The number of amides is 1. The van der Waals surface area contributed by atoms with Gasteiger partial charge in [-0.05, 0) is 31.0 Å². The average molecular weight is 343 g/mol. The van der Waals surface area contributed by atoms with Crippen molar-refractivity contribution in [3.63, 3.8) is 0 Å².